The normalized spacial score (nSPS) is 11.2. The van der Waals surface area contributed by atoms with E-state index in [9.17, 15) is 4.79 Å². The number of carbonyl (C=O) groups is 1. The van der Waals surface area contributed by atoms with Gasteiger partial charge in [0.25, 0.3) is 5.91 Å². The van der Waals surface area contributed by atoms with E-state index in [1.54, 1.807) is 4.90 Å². The van der Waals surface area contributed by atoms with Crippen LogP contribution in [0.25, 0.3) is 22.2 Å². The smallest absolute Gasteiger partial charge is 0.254 e. The molecule has 3 aromatic heterocycles. The highest BCUT2D eigenvalue weighted by molar-refractivity contribution is 6.07. The molecule has 0 aliphatic heterocycles. The molecule has 0 bridgehead atoms. The Kier molecular flexibility index (Phi) is 5.35. The first-order valence-electron chi connectivity index (χ1n) is 10.2. The Hall–Kier alpha value is -3.48. The predicted octanol–water partition coefficient (Wildman–Crippen LogP) is 3.92. The zero-order valence-corrected chi connectivity index (χ0v) is 17.8. The minimum Gasteiger partial charge on any atom is -0.336 e. The van der Waals surface area contributed by atoms with Gasteiger partial charge in [-0.2, -0.15) is 10.2 Å². The topological polar surface area (TPSA) is 68.8 Å². The zero-order chi connectivity index (χ0) is 21.3. The molecule has 4 aromatic rings. The summed E-state index contributed by atoms with van der Waals surface area (Å²) in [5.41, 5.74) is 5.05. The Morgan fingerprint density at radius 1 is 1.13 bits per heavy atom. The first-order valence-corrected chi connectivity index (χ1v) is 10.2. The molecule has 7 nitrogen and oxygen atoms in total. The molecule has 0 unspecified atom stereocenters. The molecule has 0 fully saturated rings. The summed E-state index contributed by atoms with van der Waals surface area (Å²) in [5, 5.41) is 9.78. The third-order valence-corrected chi connectivity index (χ3v) is 5.39. The summed E-state index contributed by atoms with van der Waals surface area (Å²) in [6.07, 6.45) is 3.76. The van der Waals surface area contributed by atoms with Crippen LogP contribution < -0.4 is 0 Å². The first kappa shape index (κ1) is 19.8. The Morgan fingerprint density at radius 3 is 2.63 bits per heavy atom. The summed E-state index contributed by atoms with van der Waals surface area (Å²) >= 11 is 0. The summed E-state index contributed by atoms with van der Waals surface area (Å²) in [6, 6.07) is 11.6. The van der Waals surface area contributed by atoms with Gasteiger partial charge in [-0.15, -0.1) is 0 Å². The highest BCUT2D eigenvalue weighted by Gasteiger charge is 2.20. The van der Waals surface area contributed by atoms with Crippen LogP contribution in [0.1, 0.15) is 35.6 Å². The molecule has 4 rings (SSSR count). The monoisotopic (exact) mass is 402 g/mol. The molecular formula is C23H26N6O. The number of pyridine rings is 1. The lowest BCUT2D eigenvalue weighted by Gasteiger charge is -2.18. The fourth-order valence-electron chi connectivity index (χ4n) is 3.69. The Bertz CT molecular complexity index is 1210. The van der Waals surface area contributed by atoms with E-state index >= 15 is 0 Å². The van der Waals surface area contributed by atoms with Crippen LogP contribution in [0.2, 0.25) is 0 Å². The van der Waals surface area contributed by atoms with Crippen molar-refractivity contribution in [1.29, 1.82) is 0 Å². The summed E-state index contributed by atoms with van der Waals surface area (Å²) < 4.78 is 3.80. The molecule has 0 aliphatic carbocycles. The summed E-state index contributed by atoms with van der Waals surface area (Å²) in [7, 11) is 1.81. The number of fused-ring (bicyclic) bond motifs is 1. The van der Waals surface area contributed by atoms with Crippen molar-refractivity contribution in [1.82, 2.24) is 29.4 Å². The predicted molar refractivity (Wildman–Crippen MR) is 117 cm³/mol. The number of aromatic nitrogens is 5. The van der Waals surface area contributed by atoms with Gasteiger partial charge in [0, 0.05) is 43.0 Å². The van der Waals surface area contributed by atoms with Gasteiger partial charge < -0.3 is 4.90 Å². The van der Waals surface area contributed by atoms with Gasteiger partial charge in [0.2, 0.25) is 0 Å². The zero-order valence-electron chi connectivity index (χ0n) is 17.8. The maximum Gasteiger partial charge on any atom is 0.254 e. The minimum atomic E-state index is -0.0542. The molecule has 0 saturated carbocycles. The van der Waals surface area contributed by atoms with Crippen molar-refractivity contribution < 1.29 is 4.79 Å². The number of amides is 1. The molecule has 0 N–H and O–H groups in total. The van der Waals surface area contributed by atoms with Gasteiger partial charge >= 0.3 is 0 Å². The largest absolute Gasteiger partial charge is 0.336 e. The van der Waals surface area contributed by atoms with E-state index in [0.717, 1.165) is 46.6 Å². The molecule has 0 atom stereocenters. The Morgan fingerprint density at radius 2 is 1.93 bits per heavy atom. The number of carbonyl (C=O) groups excluding carboxylic acids is 1. The highest BCUT2D eigenvalue weighted by atomic mass is 16.2. The van der Waals surface area contributed by atoms with Gasteiger partial charge in [-0.3, -0.25) is 14.2 Å². The lowest BCUT2D eigenvalue weighted by atomic mass is 10.0. The second kappa shape index (κ2) is 8.10. The van der Waals surface area contributed by atoms with Gasteiger partial charge in [0.1, 0.15) is 0 Å². The van der Waals surface area contributed by atoms with Gasteiger partial charge in [-0.05, 0) is 39.0 Å². The van der Waals surface area contributed by atoms with Crippen LogP contribution in [0.3, 0.4) is 0 Å². The number of rotatable bonds is 6. The number of nitrogens with zero attached hydrogens (tertiary/aromatic N) is 6. The maximum atomic E-state index is 13.4. The van der Waals surface area contributed by atoms with Crippen LogP contribution in [0, 0.1) is 6.92 Å². The highest BCUT2D eigenvalue weighted by Crippen LogP contribution is 2.28. The van der Waals surface area contributed by atoms with E-state index in [-0.39, 0.29) is 5.91 Å². The number of hydrogen-bond acceptors (Lipinski definition) is 4. The Balaban J connectivity index is 1.74. The van der Waals surface area contributed by atoms with E-state index in [1.165, 1.54) is 0 Å². The minimum absolute atomic E-state index is 0.0542. The Labute approximate surface area is 176 Å². The molecule has 1 aromatic carbocycles. The van der Waals surface area contributed by atoms with Crippen LogP contribution in [0.5, 0.6) is 0 Å². The lowest BCUT2D eigenvalue weighted by molar-refractivity contribution is 0.0785. The lowest BCUT2D eigenvalue weighted by Crippen LogP contribution is -2.27. The number of benzene rings is 1. The van der Waals surface area contributed by atoms with Crippen molar-refractivity contribution in [3.8, 4) is 11.3 Å². The fraction of sp³-hybridized carbons (Fsp3) is 0.304. The molecular weight excluding hydrogens is 376 g/mol. The average Bonchev–Trinajstić information content (AvgIpc) is 3.38. The van der Waals surface area contributed by atoms with Crippen molar-refractivity contribution in [3.05, 3.63) is 65.7 Å². The second-order valence-corrected chi connectivity index (χ2v) is 7.36. The van der Waals surface area contributed by atoms with Crippen LogP contribution in [-0.2, 0) is 19.6 Å². The molecule has 30 heavy (non-hydrogen) atoms. The summed E-state index contributed by atoms with van der Waals surface area (Å²) in [4.78, 5) is 19.9. The van der Waals surface area contributed by atoms with Crippen molar-refractivity contribution in [2.24, 2.45) is 0 Å². The molecule has 0 saturated heterocycles. The molecule has 0 radical (unpaired) electrons. The van der Waals surface area contributed by atoms with Crippen molar-refractivity contribution in [2.75, 3.05) is 7.05 Å². The van der Waals surface area contributed by atoms with Crippen LogP contribution in [0.4, 0.5) is 0 Å². The molecule has 3 heterocycles. The summed E-state index contributed by atoms with van der Waals surface area (Å²) in [5.74, 6) is -0.0542. The fourth-order valence-corrected chi connectivity index (χ4v) is 3.69. The van der Waals surface area contributed by atoms with Crippen LogP contribution >= 0.6 is 0 Å². The van der Waals surface area contributed by atoms with Crippen molar-refractivity contribution in [2.45, 2.75) is 40.4 Å². The van der Waals surface area contributed by atoms with E-state index < -0.39 is 0 Å². The van der Waals surface area contributed by atoms with Crippen molar-refractivity contribution >= 4 is 16.8 Å². The van der Waals surface area contributed by atoms with Gasteiger partial charge in [-0.25, -0.2) is 4.98 Å². The third kappa shape index (κ3) is 3.58. The molecule has 1 amide bonds. The number of para-hydroxylation sites is 1. The molecule has 0 spiro atoms. The molecule has 0 aliphatic rings. The van der Waals surface area contributed by atoms with E-state index in [4.69, 9.17) is 4.98 Å². The van der Waals surface area contributed by atoms with E-state index in [2.05, 4.69) is 17.1 Å². The standard InChI is InChI=1S/C23H26N6O/c1-5-28-12-11-17(26-28)15-27(4)23(30)19-13-22(20-14-24-29(6-2)16(20)3)25-21-10-8-7-9-18(19)21/h7-14H,5-6,15H2,1-4H3. The summed E-state index contributed by atoms with van der Waals surface area (Å²) in [6.45, 7) is 8.17. The molecule has 7 heteroatoms. The van der Waals surface area contributed by atoms with Gasteiger partial charge in [0.15, 0.2) is 0 Å². The molecule has 154 valence electrons. The van der Waals surface area contributed by atoms with Crippen molar-refractivity contribution in [3.63, 3.8) is 0 Å². The van der Waals surface area contributed by atoms with E-state index in [1.807, 2.05) is 79.1 Å². The quantitative estimate of drug-likeness (QED) is 0.490. The van der Waals surface area contributed by atoms with Gasteiger partial charge in [0.05, 0.1) is 35.2 Å². The number of hydrogen-bond donors (Lipinski definition) is 0. The second-order valence-electron chi connectivity index (χ2n) is 7.36. The van der Waals surface area contributed by atoms with Gasteiger partial charge in [-0.1, -0.05) is 18.2 Å². The average molecular weight is 403 g/mol. The number of aryl methyl sites for hydroxylation is 2. The van der Waals surface area contributed by atoms with Crippen LogP contribution in [-0.4, -0.2) is 42.4 Å². The van der Waals surface area contributed by atoms with Crippen LogP contribution in [0.15, 0.2) is 48.8 Å². The third-order valence-electron chi connectivity index (χ3n) is 5.39. The van der Waals surface area contributed by atoms with E-state index in [0.29, 0.717) is 12.1 Å². The maximum absolute atomic E-state index is 13.4. The SMILES string of the molecule is CCn1ccc(CN(C)C(=O)c2cc(-c3cnn(CC)c3C)nc3ccccc23)n1. The first-order chi connectivity index (χ1) is 14.5.